The van der Waals surface area contributed by atoms with Crippen LogP contribution in [0.1, 0.15) is 38.7 Å². The third kappa shape index (κ3) is 3.03. The second-order valence-corrected chi connectivity index (χ2v) is 7.65. The highest BCUT2D eigenvalue weighted by Gasteiger charge is 2.35. The highest BCUT2D eigenvalue weighted by molar-refractivity contribution is 9.08. The lowest BCUT2D eigenvalue weighted by Crippen LogP contribution is -2.47. The minimum Gasteiger partial charge on any atom is -0.207 e. The molecule has 0 bridgehead atoms. The molecule has 0 saturated carbocycles. The number of hydrogen-bond acceptors (Lipinski definition) is 2. The van der Waals surface area contributed by atoms with Gasteiger partial charge in [0.25, 0.3) is 0 Å². The van der Waals surface area contributed by atoms with Gasteiger partial charge in [-0.1, -0.05) is 34.5 Å². The van der Waals surface area contributed by atoms with E-state index < -0.39 is 10.0 Å². The van der Waals surface area contributed by atoms with Gasteiger partial charge in [0.15, 0.2) is 0 Å². The third-order valence-electron chi connectivity index (χ3n) is 3.77. The van der Waals surface area contributed by atoms with E-state index >= 15 is 0 Å². The SMILES string of the molecule is CC1CCCC(C)N1S(=O)(=O)c1ccc(CBr)cc1. The van der Waals surface area contributed by atoms with Crippen LogP contribution in [0.15, 0.2) is 29.2 Å². The molecule has 1 aromatic carbocycles. The Morgan fingerprint density at radius 2 is 1.68 bits per heavy atom. The summed E-state index contributed by atoms with van der Waals surface area (Å²) in [6.07, 6.45) is 3.00. The summed E-state index contributed by atoms with van der Waals surface area (Å²) in [5.41, 5.74) is 1.08. The number of nitrogens with zero attached hydrogens (tertiary/aromatic N) is 1. The summed E-state index contributed by atoms with van der Waals surface area (Å²) in [6.45, 7) is 4.00. The molecular formula is C14H20BrNO2S. The van der Waals surface area contributed by atoms with Crippen LogP contribution in [0.5, 0.6) is 0 Å². The first-order chi connectivity index (χ1) is 8.96. The van der Waals surface area contributed by atoms with Crippen LogP contribution < -0.4 is 0 Å². The van der Waals surface area contributed by atoms with Crippen LogP contribution in [0.3, 0.4) is 0 Å². The van der Waals surface area contributed by atoms with Gasteiger partial charge in [-0.15, -0.1) is 0 Å². The largest absolute Gasteiger partial charge is 0.243 e. The zero-order valence-corrected chi connectivity index (χ0v) is 13.7. The lowest BCUT2D eigenvalue weighted by Gasteiger charge is -2.37. The van der Waals surface area contributed by atoms with Gasteiger partial charge in [-0.2, -0.15) is 4.31 Å². The first kappa shape index (κ1) is 15.0. The minimum atomic E-state index is -3.37. The van der Waals surface area contributed by atoms with Crippen molar-refractivity contribution < 1.29 is 8.42 Å². The van der Waals surface area contributed by atoms with E-state index in [1.807, 2.05) is 26.0 Å². The van der Waals surface area contributed by atoms with E-state index in [2.05, 4.69) is 15.9 Å². The summed E-state index contributed by atoms with van der Waals surface area (Å²) in [4.78, 5) is 0.401. The summed E-state index contributed by atoms with van der Waals surface area (Å²) < 4.78 is 27.1. The molecule has 0 radical (unpaired) electrons. The Labute approximate surface area is 124 Å². The first-order valence-electron chi connectivity index (χ1n) is 6.65. The van der Waals surface area contributed by atoms with Gasteiger partial charge in [-0.05, 0) is 44.4 Å². The molecule has 0 amide bonds. The van der Waals surface area contributed by atoms with Crippen LogP contribution in [0.25, 0.3) is 0 Å². The highest BCUT2D eigenvalue weighted by atomic mass is 79.9. The van der Waals surface area contributed by atoms with Gasteiger partial charge in [-0.3, -0.25) is 0 Å². The molecule has 0 N–H and O–H groups in total. The van der Waals surface area contributed by atoms with E-state index in [0.29, 0.717) is 4.90 Å². The van der Waals surface area contributed by atoms with E-state index in [-0.39, 0.29) is 12.1 Å². The monoisotopic (exact) mass is 345 g/mol. The second-order valence-electron chi connectivity index (χ2n) is 5.24. The number of sulfonamides is 1. The van der Waals surface area contributed by atoms with Crippen molar-refractivity contribution in [2.45, 2.75) is 55.4 Å². The van der Waals surface area contributed by atoms with Crippen LogP contribution in [-0.2, 0) is 15.4 Å². The van der Waals surface area contributed by atoms with Crippen molar-refractivity contribution in [2.24, 2.45) is 0 Å². The lowest BCUT2D eigenvalue weighted by molar-refractivity contribution is 0.204. The molecule has 5 heteroatoms. The van der Waals surface area contributed by atoms with Crippen LogP contribution >= 0.6 is 15.9 Å². The van der Waals surface area contributed by atoms with Crippen molar-refractivity contribution in [3.05, 3.63) is 29.8 Å². The molecule has 0 spiro atoms. The number of hydrogen-bond donors (Lipinski definition) is 0. The summed E-state index contributed by atoms with van der Waals surface area (Å²) in [6, 6.07) is 7.32. The fraction of sp³-hybridized carbons (Fsp3) is 0.571. The van der Waals surface area contributed by atoms with E-state index in [1.165, 1.54) is 0 Å². The molecule has 106 valence electrons. The van der Waals surface area contributed by atoms with Gasteiger partial charge < -0.3 is 0 Å². The standard InChI is InChI=1S/C14H20BrNO2S/c1-11-4-3-5-12(2)16(11)19(17,18)14-8-6-13(10-15)7-9-14/h6-9,11-12H,3-5,10H2,1-2H3. The molecule has 1 saturated heterocycles. The molecule has 1 aliphatic rings. The molecule has 1 heterocycles. The van der Waals surface area contributed by atoms with E-state index in [0.717, 1.165) is 30.2 Å². The van der Waals surface area contributed by atoms with Crippen molar-refractivity contribution in [3.8, 4) is 0 Å². The molecule has 1 fully saturated rings. The predicted molar refractivity (Wildman–Crippen MR) is 80.9 cm³/mol. The highest BCUT2D eigenvalue weighted by Crippen LogP contribution is 2.29. The Kier molecular flexibility index (Phi) is 4.69. The minimum absolute atomic E-state index is 0.0876. The average molecular weight is 346 g/mol. The number of rotatable bonds is 3. The fourth-order valence-corrected chi connectivity index (χ4v) is 5.00. The molecule has 0 aromatic heterocycles. The molecule has 1 aliphatic heterocycles. The molecule has 2 unspecified atom stereocenters. The zero-order valence-electron chi connectivity index (χ0n) is 11.3. The van der Waals surface area contributed by atoms with Gasteiger partial charge in [0, 0.05) is 17.4 Å². The smallest absolute Gasteiger partial charge is 0.207 e. The summed E-state index contributed by atoms with van der Waals surface area (Å²) >= 11 is 3.37. The number of halogens is 1. The van der Waals surface area contributed by atoms with Crippen molar-refractivity contribution in [1.82, 2.24) is 4.31 Å². The molecule has 2 rings (SSSR count). The van der Waals surface area contributed by atoms with Crippen molar-refractivity contribution in [2.75, 3.05) is 0 Å². The Morgan fingerprint density at radius 3 is 2.16 bits per heavy atom. The molecule has 2 atom stereocenters. The van der Waals surface area contributed by atoms with Crippen LogP contribution in [0, 0.1) is 0 Å². The molecular weight excluding hydrogens is 326 g/mol. The summed E-state index contributed by atoms with van der Waals surface area (Å²) in [7, 11) is -3.37. The predicted octanol–water partition coefficient (Wildman–Crippen LogP) is 3.53. The van der Waals surface area contributed by atoms with Gasteiger partial charge in [0.05, 0.1) is 4.90 Å². The van der Waals surface area contributed by atoms with Crippen molar-refractivity contribution in [1.29, 1.82) is 0 Å². The quantitative estimate of drug-likeness (QED) is 0.785. The lowest BCUT2D eigenvalue weighted by atomic mass is 10.0. The Balaban J connectivity index is 2.34. The molecule has 1 aromatic rings. The molecule has 0 aliphatic carbocycles. The van der Waals surface area contributed by atoms with E-state index in [9.17, 15) is 8.42 Å². The van der Waals surface area contributed by atoms with E-state index in [4.69, 9.17) is 0 Å². The zero-order chi connectivity index (χ0) is 14.0. The normalized spacial score (nSPS) is 25.4. The topological polar surface area (TPSA) is 37.4 Å². The van der Waals surface area contributed by atoms with Gasteiger partial charge >= 0.3 is 0 Å². The molecule has 19 heavy (non-hydrogen) atoms. The van der Waals surface area contributed by atoms with Crippen molar-refractivity contribution in [3.63, 3.8) is 0 Å². The maximum absolute atomic E-state index is 12.7. The fourth-order valence-electron chi connectivity index (χ4n) is 2.74. The second kappa shape index (κ2) is 5.94. The van der Waals surface area contributed by atoms with Crippen molar-refractivity contribution >= 4 is 26.0 Å². The van der Waals surface area contributed by atoms with Crippen LogP contribution in [0.2, 0.25) is 0 Å². The third-order valence-corrected chi connectivity index (χ3v) is 6.56. The average Bonchev–Trinajstić information content (AvgIpc) is 2.38. The van der Waals surface area contributed by atoms with E-state index in [1.54, 1.807) is 16.4 Å². The maximum Gasteiger partial charge on any atom is 0.243 e. The van der Waals surface area contributed by atoms with Gasteiger partial charge in [0.1, 0.15) is 0 Å². The first-order valence-corrected chi connectivity index (χ1v) is 9.21. The summed E-state index contributed by atoms with van der Waals surface area (Å²) in [5.74, 6) is 0. The summed E-state index contributed by atoms with van der Waals surface area (Å²) in [5, 5.41) is 0.740. The van der Waals surface area contributed by atoms with Crippen LogP contribution in [0.4, 0.5) is 0 Å². The van der Waals surface area contributed by atoms with Gasteiger partial charge in [0.2, 0.25) is 10.0 Å². The van der Waals surface area contributed by atoms with Crippen LogP contribution in [-0.4, -0.2) is 24.8 Å². The number of alkyl halides is 1. The van der Waals surface area contributed by atoms with Gasteiger partial charge in [-0.25, -0.2) is 8.42 Å². The molecule has 3 nitrogen and oxygen atoms in total. The Morgan fingerprint density at radius 1 is 1.16 bits per heavy atom. The number of piperidine rings is 1. The Hall–Kier alpha value is -0.390. The Bertz CT molecular complexity index is 517. The number of benzene rings is 1. The maximum atomic E-state index is 12.7.